The first-order chi connectivity index (χ1) is 16.8. The Kier molecular flexibility index (Phi) is 6.98. The topological polar surface area (TPSA) is 125 Å². The van der Waals surface area contributed by atoms with Crippen LogP contribution >= 0.6 is 0 Å². The standard InChI is InChI=1S/C25H21FN6O2S/c1-35(28,33)15-19-6-3-7-21(11-19)31-25-30-16-29-24(32-25)22-9-8-20(26)12-23(22)34-14-18-5-2-4-17(10-18)13-27/h2-12,16,28H,14-15H2,1H3,(H,29,30,31,32). The Morgan fingerprint density at radius 1 is 1.09 bits per heavy atom. The zero-order valence-electron chi connectivity index (χ0n) is 18.7. The summed E-state index contributed by atoms with van der Waals surface area (Å²) in [7, 11) is -2.68. The zero-order valence-corrected chi connectivity index (χ0v) is 19.6. The molecule has 0 aliphatic rings. The van der Waals surface area contributed by atoms with E-state index in [-0.39, 0.29) is 29.9 Å². The second-order valence-corrected chi connectivity index (χ2v) is 10.1. The van der Waals surface area contributed by atoms with Crippen molar-refractivity contribution >= 4 is 21.4 Å². The lowest BCUT2D eigenvalue weighted by atomic mass is 10.1. The molecule has 2 N–H and O–H groups in total. The van der Waals surface area contributed by atoms with Gasteiger partial charge in [0, 0.05) is 27.7 Å². The lowest BCUT2D eigenvalue weighted by molar-refractivity contribution is 0.305. The monoisotopic (exact) mass is 488 g/mol. The molecule has 176 valence electrons. The maximum Gasteiger partial charge on any atom is 0.230 e. The van der Waals surface area contributed by atoms with Crippen LogP contribution in [-0.4, -0.2) is 25.4 Å². The highest BCUT2D eigenvalue weighted by atomic mass is 32.2. The lowest BCUT2D eigenvalue weighted by Crippen LogP contribution is -2.03. The lowest BCUT2D eigenvalue weighted by Gasteiger charge is -2.12. The number of nitriles is 1. The Hall–Kier alpha value is -4.36. The Balaban J connectivity index is 1.57. The maximum absolute atomic E-state index is 14.0. The van der Waals surface area contributed by atoms with Crippen LogP contribution in [0.15, 0.2) is 73.1 Å². The second kappa shape index (κ2) is 10.3. The Labute approximate surface area is 202 Å². The summed E-state index contributed by atoms with van der Waals surface area (Å²) < 4.78 is 39.3. The summed E-state index contributed by atoms with van der Waals surface area (Å²) >= 11 is 0. The van der Waals surface area contributed by atoms with Gasteiger partial charge in [-0.05, 0) is 47.5 Å². The molecule has 0 radical (unpaired) electrons. The van der Waals surface area contributed by atoms with Crippen LogP contribution in [0.2, 0.25) is 0 Å². The van der Waals surface area contributed by atoms with Gasteiger partial charge in [0.1, 0.15) is 24.5 Å². The molecule has 1 aromatic heterocycles. The van der Waals surface area contributed by atoms with E-state index in [1.54, 1.807) is 42.5 Å². The summed E-state index contributed by atoms with van der Waals surface area (Å²) in [5.41, 5.74) is 3.16. The smallest absolute Gasteiger partial charge is 0.230 e. The normalized spacial score (nSPS) is 12.4. The van der Waals surface area contributed by atoms with Gasteiger partial charge >= 0.3 is 0 Å². The highest BCUT2D eigenvalue weighted by molar-refractivity contribution is 7.90. The Bertz CT molecular complexity index is 1520. The number of hydrogen-bond donors (Lipinski definition) is 2. The molecule has 3 aromatic carbocycles. The molecule has 0 bridgehead atoms. The number of nitrogens with one attached hydrogen (secondary N) is 2. The molecule has 0 aliphatic carbocycles. The molecule has 0 saturated heterocycles. The van der Waals surface area contributed by atoms with Crippen molar-refractivity contribution in [2.45, 2.75) is 12.4 Å². The molecule has 0 fully saturated rings. The molecular weight excluding hydrogens is 467 g/mol. The van der Waals surface area contributed by atoms with Crippen molar-refractivity contribution in [2.75, 3.05) is 11.6 Å². The zero-order chi connectivity index (χ0) is 24.8. The van der Waals surface area contributed by atoms with E-state index < -0.39 is 15.5 Å². The van der Waals surface area contributed by atoms with Gasteiger partial charge in [0.2, 0.25) is 5.95 Å². The van der Waals surface area contributed by atoms with Crippen LogP contribution in [0.5, 0.6) is 5.75 Å². The van der Waals surface area contributed by atoms with Crippen LogP contribution in [-0.2, 0) is 22.1 Å². The molecule has 0 aliphatic heterocycles. The Morgan fingerprint density at radius 3 is 2.69 bits per heavy atom. The molecular formula is C25H21FN6O2S. The highest BCUT2D eigenvalue weighted by Gasteiger charge is 2.13. The van der Waals surface area contributed by atoms with E-state index in [0.717, 1.165) is 11.1 Å². The van der Waals surface area contributed by atoms with E-state index in [0.29, 0.717) is 16.8 Å². The summed E-state index contributed by atoms with van der Waals surface area (Å²) in [4.78, 5) is 12.8. The second-order valence-electron chi connectivity index (χ2n) is 7.85. The van der Waals surface area contributed by atoms with Gasteiger partial charge in [0.15, 0.2) is 5.82 Å². The molecule has 0 amide bonds. The minimum atomic E-state index is -2.68. The molecule has 1 unspecified atom stereocenters. The highest BCUT2D eigenvalue weighted by Crippen LogP contribution is 2.30. The van der Waals surface area contributed by atoms with Crippen molar-refractivity contribution in [3.05, 3.63) is 95.6 Å². The molecule has 10 heteroatoms. The number of anilines is 2. The van der Waals surface area contributed by atoms with Crippen molar-refractivity contribution in [1.82, 2.24) is 15.0 Å². The van der Waals surface area contributed by atoms with E-state index in [4.69, 9.17) is 14.8 Å². The summed E-state index contributed by atoms with van der Waals surface area (Å²) in [5.74, 6) is 0.452. The number of ether oxygens (including phenoxy) is 1. The van der Waals surface area contributed by atoms with Crippen molar-refractivity contribution in [2.24, 2.45) is 0 Å². The van der Waals surface area contributed by atoms with E-state index >= 15 is 0 Å². The number of benzene rings is 3. The van der Waals surface area contributed by atoms with Crippen molar-refractivity contribution in [3.63, 3.8) is 0 Å². The van der Waals surface area contributed by atoms with Crippen LogP contribution in [0.1, 0.15) is 16.7 Å². The minimum absolute atomic E-state index is 0.131. The van der Waals surface area contributed by atoms with Gasteiger partial charge in [0.25, 0.3) is 0 Å². The Morgan fingerprint density at radius 2 is 1.89 bits per heavy atom. The first-order valence-electron chi connectivity index (χ1n) is 10.5. The maximum atomic E-state index is 14.0. The van der Waals surface area contributed by atoms with Crippen molar-refractivity contribution in [1.29, 1.82) is 10.0 Å². The van der Waals surface area contributed by atoms with Gasteiger partial charge < -0.3 is 10.1 Å². The van der Waals surface area contributed by atoms with E-state index in [9.17, 15) is 8.60 Å². The number of nitrogens with zero attached hydrogens (tertiary/aromatic N) is 4. The summed E-state index contributed by atoms with van der Waals surface area (Å²) in [6, 6.07) is 20.3. The average Bonchev–Trinajstić information content (AvgIpc) is 2.82. The fraction of sp³-hybridized carbons (Fsp3) is 0.120. The third kappa shape index (κ3) is 6.59. The molecule has 0 saturated carbocycles. The van der Waals surface area contributed by atoms with Gasteiger partial charge in [-0.2, -0.15) is 10.2 Å². The number of halogens is 1. The van der Waals surface area contributed by atoms with E-state index in [1.165, 1.54) is 30.8 Å². The van der Waals surface area contributed by atoms with Gasteiger partial charge in [-0.1, -0.05) is 24.3 Å². The van der Waals surface area contributed by atoms with E-state index in [1.807, 2.05) is 6.07 Å². The fourth-order valence-corrected chi connectivity index (χ4v) is 4.18. The van der Waals surface area contributed by atoms with Crippen molar-refractivity contribution < 1.29 is 13.3 Å². The van der Waals surface area contributed by atoms with Gasteiger partial charge in [-0.3, -0.25) is 4.78 Å². The molecule has 4 rings (SSSR count). The quantitative estimate of drug-likeness (QED) is 0.356. The fourth-order valence-electron chi connectivity index (χ4n) is 3.36. The average molecular weight is 489 g/mol. The summed E-state index contributed by atoms with van der Waals surface area (Å²) in [5, 5.41) is 12.2. The summed E-state index contributed by atoms with van der Waals surface area (Å²) in [6.45, 7) is 0.131. The third-order valence-corrected chi connectivity index (χ3v) is 5.72. The first-order valence-corrected chi connectivity index (χ1v) is 12.6. The predicted octanol–water partition coefficient (Wildman–Crippen LogP) is 5.05. The molecule has 1 heterocycles. The molecule has 0 spiro atoms. The minimum Gasteiger partial charge on any atom is -0.488 e. The third-order valence-electron chi connectivity index (χ3n) is 4.83. The number of aromatic nitrogens is 3. The first kappa shape index (κ1) is 23.8. The SMILES string of the molecule is CS(=N)(=O)Cc1cccc(Nc2ncnc(-c3ccc(F)cc3OCc3cccc(C#N)c3)n2)c1. The van der Waals surface area contributed by atoms with Gasteiger partial charge in [0.05, 0.1) is 22.9 Å². The van der Waals surface area contributed by atoms with Crippen LogP contribution in [0.4, 0.5) is 16.0 Å². The van der Waals surface area contributed by atoms with E-state index in [2.05, 4.69) is 26.3 Å². The van der Waals surface area contributed by atoms with Gasteiger partial charge in [-0.15, -0.1) is 0 Å². The molecule has 8 nitrogen and oxygen atoms in total. The molecule has 4 aromatic rings. The van der Waals surface area contributed by atoms with Crippen LogP contribution in [0.3, 0.4) is 0 Å². The molecule has 1 atom stereocenters. The van der Waals surface area contributed by atoms with Crippen molar-refractivity contribution in [3.8, 4) is 23.2 Å². The predicted molar refractivity (Wildman–Crippen MR) is 131 cm³/mol. The van der Waals surface area contributed by atoms with Crippen LogP contribution < -0.4 is 10.1 Å². The number of rotatable bonds is 8. The largest absolute Gasteiger partial charge is 0.488 e. The number of hydrogen-bond acceptors (Lipinski definition) is 8. The van der Waals surface area contributed by atoms with Gasteiger partial charge in [-0.25, -0.2) is 18.6 Å². The summed E-state index contributed by atoms with van der Waals surface area (Å²) in [6.07, 6.45) is 2.73. The van der Waals surface area contributed by atoms with Crippen LogP contribution in [0, 0.1) is 21.9 Å². The van der Waals surface area contributed by atoms with Crippen LogP contribution in [0.25, 0.3) is 11.4 Å². The molecule has 35 heavy (non-hydrogen) atoms.